The molecular formula is C21H25F4NO4P+. The van der Waals surface area contributed by atoms with Gasteiger partial charge in [0.1, 0.15) is 18.2 Å². The Morgan fingerprint density at radius 3 is 2.45 bits per heavy atom. The smallest absolute Gasteiger partial charge is 0.493 e. The largest absolute Gasteiger partial charge is 0.494 e. The fourth-order valence-corrected chi connectivity index (χ4v) is 3.34. The summed E-state index contributed by atoms with van der Waals surface area (Å²) in [4.78, 5) is 0. The molecule has 31 heavy (non-hydrogen) atoms. The van der Waals surface area contributed by atoms with Crippen molar-refractivity contribution >= 4 is 8.69 Å². The van der Waals surface area contributed by atoms with Crippen LogP contribution in [0.15, 0.2) is 42.5 Å². The summed E-state index contributed by atoms with van der Waals surface area (Å²) in [6.45, 7) is -0.594. The molecule has 0 bridgehead atoms. The number of aliphatic hydroxyl groups is 1. The van der Waals surface area contributed by atoms with Crippen LogP contribution in [0.5, 0.6) is 5.75 Å². The summed E-state index contributed by atoms with van der Waals surface area (Å²) >= 11 is 0. The van der Waals surface area contributed by atoms with Crippen LogP contribution < -0.4 is 10.5 Å². The van der Waals surface area contributed by atoms with Gasteiger partial charge in [-0.1, -0.05) is 18.2 Å². The van der Waals surface area contributed by atoms with Gasteiger partial charge in [-0.15, -0.1) is 4.52 Å². The number of aryl methyl sites for hydroxylation is 2. The van der Waals surface area contributed by atoms with Crippen LogP contribution in [0.4, 0.5) is 17.6 Å². The molecule has 0 amide bonds. The van der Waals surface area contributed by atoms with Gasteiger partial charge in [0.15, 0.2) is 0 Å². The maximum Gasteiger partial charge on any atom is 0.494 e. The summed E-state index contributed by atoms with van der Waals surface area (Å²) in [6.07, 6.45) is -3.42. The summed E-state index contributed by atoms with van der Waals surface area (Å²) in [7, 11) is -1.04. The summed E-state index contributed by atoms with van der Waals surface area (Å²) in [5, 5.41) is 9.41. The highest BCUT2D eigenvalue weighted by atomic mass is 31.1. The molecule has 0 saturated heterocycles. The topological polar surface area (TPSA) is 81.8 Å². The third-order valence-corrected chi connectivity index (χ3v) is 5.01. The fraction of sp³-hybridized carbons (Fsp3) is 0.429. The molecule has 0 fully saturated rings. The van der Waals surface area contributed by atoms with Crippen molar-refractivity contribution in [3.63, 3.8) is 0 Å². The van der Waals surface area contributed by atoms with Crippen LogP contribution >= 0.6 is 8.69 Å². The van der Waals surface area contributed by atoms with Crippen LogP contribution in [0.2, 0.25) is 0 Å². The van der Waals surface area contributed by atoms with Crippen molar-refractivity contribution < 1.29 is 36.5 Å². The lowest BCUT2D eigenvalue weighted by Crippen LogP contribution is -2.47. The summed E-state index contributed by atoms with van der Waals surface area (Å²) < 4.78 is 74.3. The van der Waals surface area contributed by atoms with E-state index < -0.39 is 32.6 Å². The zero-order valence-electron chi connectivity index (χ0n) is 16.8. The molecule has 0 aliphatic carbocycles. The van der Waals surface area contributed by atoms with E-state index in [0.717, 1.165) is 11.6 Å². The van der Waals surface area contributed by atoms with E-state index in [1.54, 1.807) is 12.1 Å². The average molecular weight is 462 g/mol. The van der Waals surface area contributed by atoms with Gasteiger partial charge < -0.3 is 15.6 Å². The van der Waals surface area contributed by atoms with E-state index in [0.29, 0.717) is 18.4 Å². The van der Waals surface area contributed by atoms with Gasteiger partial charge in [0.05, 0.1) is 24.3 Å². The van der Waals surface area contributed by atoms with Gasteiger partial charge in [-0.2, -0.15) is 13.2 Å². The zero-order chi connectivity index (χ0) is 22.9. The van der Waals surface area contributed by atoms with Crippen LogP contribution in [0, 0.1) is 5.82 Å². The highest BCUT2D eigenvalue weighted by Gasteiger charge is 2.35. The second-order valence-corrected chi connectivity index (χ2v) is 7.76. The number of ether oxygens (including phenoxy) is 1. The van der Waals surface area contributed by atoms with E-state index in [9.17, 15) is 27.2 Å². The van der Waals surface area contributed by atoms with Crippen LogP contribution in [0.25, 0.3) is 0 Å². The number of alkyl halides is 3. The van der Waals surface area contributed by atoms with E-state index >= 15 is 0 Å². The van der Waals surface area contributed by atoms with Crippen molar-refractivity contribution in [2.45, 2.75) is 37.4 Å². The van der Waals surface area contributed by atoms with E-state index in [2.05, 4.69) is 0 Å². The van der Waals surface area contributed by atoms with Gasteiger partial charge >= 0.3 is 14.9 Å². The number of nitrogens with two attached hydrogens (primary N) is 1. The van der Waals surface area contributed by atoms with Crippen LogP contribution in [0.3, 0.4) is 0 Å². The molecule has 0 heterocycles. The molecule has 0 aliphatic rings. The molecular weight excluding hydrogens is 437 g/mol. The number of benzene rings is 2. The Kier molecular flexibility index (Phi) is 9.37. The minimum Gasteiger partial charge on any atom is -0.493 e. The van der Waals surface area contributed by atoms with E-state index in [1.165, 1.54) is 24.3 Å². The summed E-state index contributed by atoms with van der Waals surface area (Å²) in [5.74, 6) is -0.649. The normalized spacial score (nSPS) is 13.9. The van der Waals surface area contributed by atoms with Crippen LogP contribution in [-0.4, -0.2) is 30.5 Å². The minimum atomic E-state index is -4.61. The van der Waals surface area contributed by atoms with E-state index in [4.69, 9.17) is 15.0 Å². The molecule has 0 aromatic heterocycles. The predicted octanol–water partition coefficient (Wildman–Crippen LogP) is 4.43. The van der Waals surface area contributed by atoms with Gasteiger partial charge in [0.2, 0.25) is 0 Å². The van der Waals surface area contributed by atoms with Gasteiger partial charge in [0.25, 0.3) is 0 Å². The maximum absolute atomic E-state index is 13.5. The van der Waals surface area contributed by atoms with Crippen molar-refractivity contribution in [2.75, 3.05) is 19.8 Å². The Morgan fingerprint density at radius 2 is 1.81 bits per heavy atom. The number of aliphatic hydroxyl groups excluding tert-OH is 1. The molecule has 0 aliphatic heterocycles. The Hall–Kier alpha value is -2.06. The van der Waals surface area contributed by atoms with Gasteiger partial charge in [-0.25, -0.2) is 4.39 Å². The van der Waals surface area contributed by atoms with E-state index in [1.807, 2.05) is 0 Å². The van der Waals surface area contributed by atoms with Crippen LogP contribution in [-0.2, 0) is 28.1 Å². The third-order valence-electron chi connectivity index (χ3n) is 4.75. The lowest BCUT2D eigenvalue weighted by atomic mass is 9.93. The Labute approximate surface area is 179 Å². The van der Waals surface area contributed by atoms with Gasteiger partial charge in [0, 0.05) is 0 Å². The second-order valence-electron chi connectivity index (χ2n) is 7.30. The zero-order valence-corrected chi connectivity index (χ0v) is 17.8. The fourth-order valence-electron chi connectivity index (χ4n) is 2.99. The molecule has 2 atom stereocenters. The summed E-state index contributed by atoms with van der Waals surface area (Å²) in [5.41, 5.74) is 4.94. The highest BCUT2D eigenvalue weighted by Crippen LogP contribution is 2.37. The molecule has 0 spiro atoms. The molecule has 2 aromatic carbocycles. The molecule has 170 valence electrons. The number of rotatable bonds is 12. The molecule has 3 N–H and O–H groups in total. The standard InChI is InChI=1S/C21H25F4NO4P/c22-17-5-1-3-15(11-17)4-2-10-29-19-7-6-16(12-18(19)21(23,24)25)8-9-20(26,13-27)14-30-31-28/h1,3,5-7,11-12,27,31H,2,4,8-10,13-14,26H2/q+1. The van der Waals surface area contributed by atoms with Crippen molar-refractivity contribution in [2.24, 2.45) is 5.73 Å². The lowest BCUT2D eigenvalue weighted by molar-refractivity contribution is -0.139. The second kappa shape index (κ2) is 11.5. The summed E-state index contributed by atoms with van der Waals surface area (Å²) in [6, 6.07) is 9.78. The first kappa shape index (κ1) is 25.2. The average Bonchev–Trinajstić information content (AvgIpc) is 2.73. The first-order chi connectivity index (χ1) is 14.7. The Bertz CT molecular complexity index is 866. The number of hydrogen-bond acceptors (Lipinski definition) is 5. The van der Waals surface area contributed by atoms with Crippen LogP contribution in [0.1, 0.15) is 29.5 Å². The monoisotopic (exact) mass is 462 g/mol. The molecule has 10 heteroatoms. The first-order valence-corrected chi connectivity index (χ1v) is 10.4. The molecule has 2 aromatic rings. The molecule has 2 rings (SSSR count). The molecule has 0 radical (unpaired) electrons. The van der Waals surface area contributed by atoms with E-state index in [-0.39, 0.29) is 37.6 Å². The molecule has 0 saturated carbocycles. The Morgan fingerprint density at radius 1 is 1.06 bits per heavy atom. The number of halogens is 4. The predicted molar refractivity (Wildman–Crippen MR) is 109 cm³/mol. The third kappa shape index (κ3) is 8.18. The van der Waals surface area contributed by atoms with Crippen molar-refractivity contribution in [3.05, 3.63) is 65.0 Å². The van der Waals surface area contributed by atoms with Gasteiger partial charge in [-0.3, -0.25) is 0 Å². The van der Waals surface area contributed by atoms with Gasteiger partial charge in [-0.05, 0) is 65.6 Å². The first-order valence-electron chi connectivity index (χ1n) is 9.63. The number of hydrogen-bond donors (Lipinski definition) is 2. The van der Waals surface area contributed by atoms with Crippen molar-refractivity contribution in [1.82, 2.24) is 0 Å². The highest BCUT2D eigenvalue weighted by molar-refractivity contribution is 7.17. The SMILES string of the molecule is NC(CO)(CCc1ccc(OCCCc2cccc(F)c2)c(C(F)(F)F)c1)CO[PH+]=O. The maximum atomic E-state index is 13.5. The molecule has 2 unspecified atom stereocenters. The Balaban J connectivity index is 2.01. The quantitative estimate of drug-likeness (QED) is 0.277. The van der Waals surface area contributed by atoms with Crippen molar-refractivity contribution in [3.8, 4) is 5.75 Å². The van der Waals surface area contributed by atoms with Crippen molar-refractivity contribution in [1.29, 1.82) is 0 Å². The lowest BCUT2D eigenvalue weighted by Gasteiger charge is -2.24. The molecule has 5 nitrogen and oxygen atoms in total. The minimum absolute atomic E-state index is 0.0443.